The second-order valence-corrected chi connectivity index (χ2v) is 17.7. The predicted molar refractivity (Wildman–Crippen MR) is 174 cm³/mol. The van der Waals surface area contributed by atoms with E-state index in [9.17, 15) is 4.79 Å². The molecule has 4 aromatic heterocycles. The number of nitrogens with zero attached hydrogens (tertiary/aromatic N) is 6. The first-order valence-corrected chi connectivity index (χ1v) is 17.5. The SMILES string of the molecule is CCn1ncc2c3c(C(CO[Si](C)(C)C(C)(C)C)Nc4ccc(Cl)nc4-c4cnn(C)c4)cc(C)cc3c(=O)n(C)c21. The number of aromatic nitrogens is 6. The van der Waals surface area contributed by atoms with Crippen LogP contribution in [-0.2, 0) is 25.1 Å². The van der Waals surface area contributed by atoms with E-state index in [2.05, 4.69) is 60.4 Å². The molecule has 9 nitrogen and oxygen atoms in total. The molecule has 4 heterocycles. The molecular formula is C31H40ClN7O2Si. The third-order valence-corrected chi connectivity index (χ3v) is 13.2. The fourth-order valence-corrected chi connectivity index (χ4v) is 6.36. The largest absolute Gasteiger partial charge is 0.414 e. The molecule has 0 spiro atoms. The Bertz CT molecular complexity index is 1850. The summed E-state index contributed by atoms with van der Waals surface area (Å²) in [5, 5.41) is 15.7. The van der Waals surface area contributed by atoms with Crippen molar-refractivity contribution in [1.29, 1.82) is 0 Å². The molecule has 0 radical (unpaired) electrons. The summed E-state index contributed by atoms with van der Waals surface area (Å²) in [6.07, 6.45) is 5.56. The van der Waals surface area contributed by atoms with Crippen LogP contribution in [0.15, 0.2) is 47.7 Å². The molecule has 0 fully saturated rings. The van der Waals surface area contributed by atoms with Gasteiger partial charge in [0.25, 0.3) is 5.56 Å². The normalized spacial score (nSPS) is 13.3. The summed E-state index contributed by atoms with van der Waals surface area (Å²) in [5.41, 5.74) is 5.08. The Hall–Kier alpha value is -3.47. The first-order valence-electron chi connectivity index (χ1n) is 14.3. The zero-order valence-corrected chi connectivity index (χ0v) is 27.7. The molecule has 11 heteroatoms. The van der Waals surface area contributed by atoms with Crippen molar-refractivity contribution in [2.75, 3.05) is 11.9 Å². The summed E-state index contributed by atoms with van der Waals surface area (Å²) in [7, 11) is 1.56. The molecule has 5 aromatic rings. The van der Waals surface area contributed by atoms with E-state index in [0.29, 0.717) is 29.4 Å². The van der Waals surface area contributed by atoms with E-state index in [1.165, 1.54) is 0 Å². The van der Waals surface area contributed by atoms with Gasteiger partial charge in [0, 0.05) is 48.6 Å². The van der Waals surface area contributed by atoms with Crippen LogP contribution in [0.3, 0.4) is 0 Å². The topological polar surface area (TPSA) is 91.8 Å². The number of anilines is 1. The number of fused-ring (bicyclic) bond motifs is 3. The Kier molecular flexibility index (Phi) is 7.84. The van der Waals surface area contributed by atoms with E-state index in [-0.39, 0.29) is 16.6 Å². The van der Waals surface area contributed by atoms with E-state index in [1.54, 1.807) is 21.5 Å². The molecule has 1 unspecified atom stereocenters. The Balaban J connectivity index is 1.75. The highest BCUT2D eigenvalue weighted by Gasteiger charge is 2.38. The van der Waals surface area contributed by atoms with Gasteiger partial charge in [0.15, 0.2) is 8.32 Å². The molecule has 0 saturated heterocycles. The Morgan fingerprint density at radius 1 is 1.10 bits per heavy atom. The molecule has 0 aliphatic carbocycles. The minimum atomic E-state index is -2.13. The Morgan fingerprint density at radius 2 is 1.83 bits per heavy atom. The lowest BCUT2D eigenvalue weighted by atomic mass is 9.95. The summed E-state index contributed by atoms with van der Waals surface area (Å²) >= 11 is 6.38. The van der Waals surface area contributed by atoms with Gasteiger partial charge in [-0.25, -0.2) is 9.67 Å². The van der Waals surface area contributed by atoms with Gasteiger partial charge in [0.2, 0.25) is 0 Å². The van der Waals surface area contributed by atoms with Crippen molar-refractivity contribution in [2.24, 2.45) is 14.1 Å². The van der Waals surface area contributed by atoms with Crippen LogP contribution in [0, 0.1) is 6.92 Å². The van der Waals surface area contributed by atoms with Crippen LogP contribution in [-0.4, -0.2) is 44.0 Å². The molecule has 0 bridgehead atoms. The molecule has 1 N–H and O–H groups in total. The van der Waals surface area contributed by atoms with Crippen molar-refractivity contribution in [3.8, 4) is 11.3 Å². The second-order valence-electron chi connectivity index (χ2n) is 12.5. The van der Waals surface area contributed by atoms with Gasteiger partial charge >= 0.3 is 0 Å². The molecular weight excluding hydrogens is 566 g/mol. The highest BCUT2D eigenvalue weighted by Crippen LogP contribution is 2.39. The van der Waals surface area contributed by atoms with E-state index >= 15 is 0 Å². The zero-order valence-electron chi connectivity index (χ0n) is 25.9. The number of hydrogen-bond acceptors (Lipinski definition) is 6. The molecule has 0 amide bonds. The maximum atomic E-state index is 13.8. The van der Waals surface area contributed by atoms with Gasteiger partial charge in [0.05, 0.1) is 36.4 Å². The zero-order chi connectivity index (χ0) is 30.6. The summed E-state index contributed by atoms with van der Waals surface area (Å²) in [5.74, 6) is 0. The molecule has 0 aliphatic rings. The van der Waals surface area contributed by atoms with E-state index in [0.717, 1.165) is 38.8 Å². The van der Waals surface area contributed by atoms with Gasteiger partial charge in [-0.1, -0.05) is 38.4 Å². The lowest BCUT2D eigenvalue weighted by molar-refractivity contribution is 0.272. The number of pyridine rings is 2. The third kappa shape index (κ3) is 5.39. The smallest absolute Gasteiger partial charge is 0.259 e. The molecule has 0 aliphatic heterocycles. The third-order valence-electron chi connectivity index (χ3n) is 8.51. The van der Waals surface area contributed by atoms with Crippen LogP contribution in [0.4, 0.5) is 5.69 Å². The summed E-state index contributed by atoms with van der Waals surface area (Å²) in [4.78, 5) is 18.4. The summed E-state index contributed by atoms with van der Waals surface area (Å²) in [6, 6.07) is 7.55. The number of rotatable bonds is 8. The maximum Gasteiger partial charge on any atom is 0.259 e. The van der Waals surface area contributed by atoms with E-state index < -0.39 is 8.32 Å². The monoisotopic (exact) mass is 605 g/mol. The highest BCUT2D eigenvalue weighted by atomic mass is 35.5. The standard InChI is InChI=1S/C31H40ClN7O2Si/c1-10-39-29-23(16-34-39)27-21(13-19(2)14-22(27)30(40)38(29)7)25(18-41-42(8,9)31(3,4)5)35-24-11-12-26(32)36-28(24)20-15-33-37(6)17-20/h11-17,25,35H,10,18H2,1-9H3. The lowest BCUT2D eigenvalue weighted by Crippen LogP contribution is -2.42. The number of hydrogen-bond donors (Lipinski definition) is 1. The van der Waals surface area contributed by atoms with Gasteiger partial charge < -0.3 is 9.74 Å². The molecule has 0 saturated carbocycles. The summed E-state index contributed by atoms with van der Waals surface area (Å²) in [6.45, 7) is 16.3. The minimum absolute atomic E-state index is 0.0282. The van der Waals surface area contributed by atoms with Crippen LogP contribution < -0.4 is 10.9 Å². The number of aryl methyl sites for hydroxylation is 4. The fraction of sp³-hybridized carbons (Fsp3) is 0.419. The lowest BCUT2D eigenvalue weighted by Gasteiger charge is -2.37. The molecule has 42 heavy (non-hydrogen) atoms. The average molecular weight is 606 g/mol. The highest BCUT2D eigenvalue weighted by molar-refractivity contribution is 6.74. The first kappa shape index (κ1) is 30.0. The Morgan fingerprint density at radius 3 is 2.48 bits per heavy atom. The van der Waals surface area contributed by atoms with Crippen LogP contribution in [0.2, 0.25) is 23.3 Å². The summed E-state index contributed by atoms with van der Waals surface area (Å²) < 4.78 is 12.2. The number of halogens is 1. The predicted octanol–water partition coefficient (Wildman–Crippen LogP) is 6.84. The molecule has 5 rings (SSSR count). The van der Waals surface area contributed by atoms with Gasteiger partial charge in [0.1, 0.15) is 10.8 Å². The van der Waals surface area contributed by atoms with Crippen molar-refractivity contribution in [3.63, 3.8) is 0 Å². The number of nitrogens with one attached hydrogen (secondary N) is 1. The molecule has 1 aromatic carbocycles. The fourth-order valence-electron chi connectivity index (χ4n) is 5.20. The second kappa shape index (κ2) is 11.0. The maximum absolute atomic E-state index is 13.8. The van der Waals surface area contributed by atoms with Crippen LogP contribution in [0.1, 0.15) is 44.9 Å². The average Bonchev–Trinajstić information content (AvgIpc) is 3.55. The molecule has 222 valence electrons. The van der Waals surface area contributed by atoms with Crippen LogP contribution >= 0.6 is 11.6 Å². The van der Waals surface area contributed by atoms with Crippen LogP contribution in [0.25, 0.3) is 33.1 Å². The van der Waals surface area contributed by atoms with Crippen molar-refractivity contribution >= 4 is 47.4 Å². The van der Waals surface area contributed by atoms with Crippen molar-refractivity contribution < 1.29 is 4.43 Å². The van der Waals surface area contributed by atoms with Crippen molar-refractivity contribution in [1.82, 2.24) is 29.1 Å². The quantitative estimate of drug-likeness (QED) is 0.154. The Labute approximate surface area is 252 Å². The van der Waals surface area contributed by atoms with Crippen molar-refractivity contribution in [2.45, 2.75) is 65.3 Å². The van der Waals surface area contributed by atoms with Gasteiger partial charge in [-0.05, 0) is 61.3 Å². The van der Waals surface area contributed by atoms with E-state index in [4.69, 9.17) is 16.0 Å². The van der Waals surface area contributed by atoms with Crippen molar-refractivity contribution in [3.05, 3.63) is 69.5 Å². The van der Waals surface area contributed by atoms with E-state index in [1.807, 2.05) is 57.2 Å². The first-order chi connectivity index (χ1) is 19.7. The van der Waals surface area contributed by atoms with Crippen LogP contribution in [0.5, 0.6) is 0 Å². The van der Waals surface area contributed by atoms with Gasteiger partial charge in [-0.15, -0.1) is 0 Å². The van der Waals surface area contributed by atoms with Gasteiger partial charge in [-0.3, -0.25) is 14.0 Å². The number of benzene rings is 1. The molecule has 1 atom stereocenters. The van der Waals surface area contributed by atoms with Gasteiger partial charge in [-0.2, -0.15) is 10.2 Å². The minimum Gasteiger partial charge on any atom is -0.414 e.